The Morgan fingerprint density at radius 1 is 1.12 bits per heavy atom. The van der Waals surface area contributed by atoms with Gasteiger partial charge in [-0.1, -0.05) is 12.1 Å². The fraction of sp³-hybridized carbons (Fsp3) is 0.278. The summed E-state index contributed by atoms with van der Waals surface area (Å²) in [5.41, 5.74) is 3.17. The third-order valence-electron chi connectivity index (χ3n) is 4.40. The van der Waals surface area contributed by atoms with E-state index in [1.807, 2.05) is 0 Å². The van der Waals surface area contributed by atoms with Crippen molar-refractivity contribution in [3.8, 4) is 5.88 Å². The van der Waals surface area contributed by atoms with Gasteiger partial charge in [-0.25, -0.2) is 27.3 Å². The van der Waals surface area contributed by atoms with Gasteiger partial charge < -0.3 is 4.74 Å². The summed E-state index contributed by atoms with van der Waals surface area (Å²) in [5, 5.41) is 5.12. The lowest BCUT2D eigenvalue weighted by molar-refractivity contribution is 0.146. The van der Waals surface area contributed by atoms with Gasteiger partial charge in [0.1, 0.15) is 0 Å². The number of aromatic nitrogens is 1. The molecule has 0 radical (unpaired) electrons. The molecule has 1 aliphatic rings. The smallest absolute Gasteiger partial charge is 0.269 e. The van der Waals surface area contributed by atoms with E-state index in [-0.39, 0.29) is 16.3 Å². The number of hydrogen-bond acceptors (Lipinski definition) is 4. The van der Waals surface area contributed by atoms with E-state index in [0.29, 0.717) is 5.56 Å². The topological polar surface area (TPSA) is 82.3 Å². The number of allylic oxidation sites excluding steroid dienone is 2. The van der Waals surface area contributed by atoms with Gasteiger partial charge in [0.15, 0.2) is 0 Å². The summed E-state index contributed by atoms with van der Waals surface area (Å²) < 4.78 is 54.2. The molecule has 0 saturated carbocycles. The summed E-state index contributed by atoms with van der Waals surface area (Å²) in [5.74, 6) is -0.0820. The first-order chi connectivity index (χ1) is 12.3. The van der Waals surface area contributed by atoms with Crippen LogP contribution in [-0.4, -0.2) is 20.5 Å². The normalized spacial score (nSPS) is 15.0. The van der Waals surface area contributed by atoms with Gasteiger partial charge in [-0.05, 0) is 59.7 Å². The number of alkyl halides is 2. The van der Waals surface area contributed by atoms with E-state index >= 15 is 0 Å². The highest BCUT2D eigenvalue weighted by Crippen LogP contribution is 2.41. The van der Waals surface area contributed by atoms with Crippen LogP contribution in [0.25, 0.3) is 11.1 Å². The average molecular weight is 380 g/mol. The van der Waals surface area contributed by atoms with E-state index in [2.05, 4.69) is 4.98 Å². The molecule has 0 saturated heterocycles. The number of benzene rings is 1. The van der Waals surface area contributed by atoms with Crippen LogP contribution in [0.1, 0.15) is 42.4 Å². The van der Waals surface area contributed by atoms with Crippen LogP contribution in [-0.2, 0) is 10.0 Å². The number of nitrogens with zero attached hydrogens (tertiary/aromatic N) is 1. The molecule has 5 nitrogen and oxygen atoms in total. The molecule has 0 spiro atoms. The molecule has 0 atom stereocenters. The number of halogens is 2. The molecule has 1 heterocycles. The first kappa shape index (κ1) is 18.5. The van der Waals surface area contributed by atoms with Crippen molar-refractivity contribution in [3.05, 3.63) is 53.2 Å². The number of hydrogen-bond donors (Lipinski definition) is 1. The summed E-state index contributed by atoms with van der Waals surface area (Å²) in [6.07, 6.45) is 1.25. The minimum absolute atomic E-state index is 0.0347. The fourth-order valence-electron chi connectivity index (χ4n) is 3.19. The standard InChI is InChI=1S/C18H18F2N2O3S/c1-25-18-16(17(19)20)9-12(10-22-18)15-4-2-3-14(15)11-5-7-13(8-6-11)26(21,23)24/h5-10,17H,2-4H2,1H3,(H2,21,23,24). The Morgan fingerprint density at radius 2 is 1.73 bits per heavy atom. The molecule has 138 valence electrons. The third kappa shape index (κ3) is 3.61. The van der Waals surface area contributed by atoms with Crippen LogP contribution in [0.15, 0.2) is 41.4 Å². The lowest BCUT2D eigenvalue weighted by Gasteiger charge is -2.12. The number of pyridine rings is 1. The minimum Gasteiger partial charge on any atom is -0.481 e. The molecule has 0 bridgehead atoms. The van der Waals surface area contributed by atoms with Crippen molar-refractivity contribution >= 4 is 21.2 Å². The van der Waals surface area contributed by atoms with Gasteiger partial charge in [-0.3, -0.25) is 0 Å². The molecule has 1 aliphatic carbocycles. The van der Waals surface area contributed by atoms with Gasteiger partial charge in [0, 0.05) is 6.20 Å². The van der Waals surface area contributed by atoms with Crippen molar-refractivity contribution in [2.45, 2.75) is 30.6 Å². The highest BCUT2D eigenvalue weighted by molar-refractivity contribution is 7.89. The third-order valence-corrected chi connectivity index (χ3v) is 5.33. The SMILES string of the molecule is COc1ncc(C2=C(c3ccc(S(N)(=O)=O)cc3)CCC2)cc1C(F)F. The number of nitrogens with two attached hydrogens (primary N) is 1. The van der Waals surface area contributed by atoms with Gasteiger partial charge in [-0.2, -0.15) is 0 Å². The van der Waals surface area contributed by atoms with E-state index in [1.54, 1.807) is 12.1 Å². The highest BCUT2D eigenvalue weighted by atomic mass is 32.2. The maximum Gasteiger partial charge on any atom is 0.269 e. The summed E-state index contributed by atoms with van der Waals surface area (Å²) in [4.78, 5) is 4.04. The fourth-order valence-corrected chi connectivity index (χ4v) is 3.70. The Bertz CT molecular complexity index is 955. The molecule has 0 fully saturated rings. The molecule has 2 aromatic rings. The van der Waals surface area contributed by atoms with Crippen LogP contribution < -0.4 is 9.88 Å². The second-order valence-corrected chi connectivity index (χ2v) is 7.56. The zero-order chi connectivity index (χ0) is 18.9. The Hall–Kier alpha value is -2.32. The van der Waals surface area contributed by atoms with Crippen LogP contribution in [0.5, 0.6) is 5.88 Å². The van der Waals surface area contributed by atoms with Crippen molar-refractivity contribution < 1.29 is 21.9 Å². The number of sulfonamides is 1. The molecule has 0 amide bonds. The molecule has 26 heavy (non-hydrogen) atoms. The summed E-state index contributed by atoms with van der Waals surface area (Å²) in [6.45, 7) is 0. The van der Waals surface area contributed by atoms with Crippen molar-refractivity contribution in [1.82, 2.24) is 4.98 Å². The lowest BCUT2D eigenvalue weighted by atomic mass is 9.97. The minimum atomic E-state index is -3.75. The Labute approximate surface area is 150 Å². The number of methoxy groups -OCH3 is 1. The summed E-state index contributed by atoms with van der Waals surface area (Å²) >= 11 is 0. The quantitative estimate of drug-likeness (QED) is 0.856. The summed E-state index contributed by atoms with van der Waals surface area (Å²) in [6, 6.07) is 7.68. The monoisotopic (exact) mass is 380 g/mol. The van der Waals surface area contributed by atoms with Crippen molar-refractivity contribution in [2.75, 3.05) is 7.11 Å². The van der Waals surface area contributed by atoms with E-state index in [9.17, 15) is 17.2 Å². The molecular formula is C18H18F2N2O3S. The number of primary sulfonamides is 1. The van der Waals surface area contributed by atoms with Crippen LogP contribution in [0.2, 0.25) is 0 Å². The highest BCUT2D eigenvalue weighted by Gasteiger charge is 2.22. The molecule has 1 aromatic heterocycles. The molecule has 8 heteroatoms. The second kappa shape index (κ2) is 7.13. The maximum absolute atomic E-state index is 13.3. The molecule has 0 unspecified atom stereocenters. The van der Waals surface area contributed by atoms with Gasteiger partial charge >= 0.3 is 0 Å². The maximum atomic E-state index is 13.3. The molecule has 2 N–H and O–H groups in total. The van der Waals surface area contributed by atoms with Gasteiger partial charge in [0.05, 0.1) is 17.6 Å². The number of ether oxygens (including phenoxy) is 1. The van der Waals surface area contributed by atoms with Crippen LogP contribution >= 0.6 is 0 Å². The molecule has 3 rings (SSSR count). The van der Waals surface area contributed by atoms with E-state index in [0.717, 1.165) is 36.0 Å². The predicted octanol–water partition coefficient (Wildman–Crippen LogP) is 3.77. The van der Waals surface area contributed by atoms with Crippen molar-refractivity contribution in [2.24, 2.45) is 5.14 Å². The Balaban J connectivity index is 2.05. The van der Waals surface area contributed by atoms with Crippen molar-refractivity contribution in [3.63, 3.8) is 0 Å². The van der Waals surface area contributed by atoms with Crippen molar-refractivity contribution in [1.29, 1.82) is 0 Å². The zero-order valence-corrected chi connectivity index (χ0v) is 14.9. The lowest BCUT2D eigenvalue weighted by Crippen LogP contribution is -2.11. The average Bonchev–Trinajstić information content (AvgIpc) is 3.10. The Morgan fingerprint density at radius 3 is 2.27 bits per heavy atom. The van der Waals surface area contributed by atoms with Crippen LogP contribution in [0.4, 0.5) is 8.78 Å². The largest absolute Gasteiger partial charge is 0.481 e. The first-order valence-electron chi connectivity index (χ1n) is 7.99. The van der Waals surface area contributed by atoms with E-state index < -0.39 is 16.4 Å². The zero-order valence-electron chi connectivity index (χ0n) is 14.1. The molecule has 1 aromatic carbocycles. The molecular weight excluding hydrogens is 362 g/mol. The summed E-state index contributed by atoms with van der Waals surface area (Å²) in [7, 11) is -2.45. The second-order valence-electron chi connectivity index (χ2n) is 6.00. The number of rotatable bonds is 5. The van der Waals surface area contributed by atoms with Gasteiger partial charge in [-0.15, -0.1) is 0 Å². The molecule has 0 aliphatic heterocycles. The van der Waals surface area contributed by atoms with Gasteiger partial charge in [0.2, 0.25) is 15.9 Å². The van der Waals surface area contributed by atoms with E-state index in [4.69, 9.17) is 9.88 Å². The predicted molar refractivity (Wildman–Crippen MR) is 94.2 cm³/mol. The van der Waals surface area contributed by atoms with E-state index in [1.165, 1.54) is 31.5 Å². The van der Waals surface area contributed by atoms with Crippen LogP contribution in [0, 0.1) is 0 Å². The van der Waals surface area contributed by atoms with Gasteiger partial charge in [0.25, 0.3) is 6.43 Å². The van der Waals surface area contributed by atoms with Crippen LogP contribution in [0.3, 0.4) is 0 Å². The first-order valence-corrected chi connectivity index (χ1v) is 9.53. The Kier molecular flexibility index (Phi) is 5.06.